The molecule has 1 nitrogen and oxygen atoms in total. The SMILES string of the molecule is P.[Cu].c1ccc2ncccc2c1. The number of aromatic nitrogens is 1. The molecule has 0 aliphatic heterocycles. The van der Waals surface area contributed by atoms with E-state index in [0.29, 0.717) is 0 Å². The summed E-state index contributed by atoms with van der Waals surface area (Å²) >= 11 is 0. The van der Waals surface area contributed by atoms with Gasteiger partial charge in [0.25, 0.3) is 0 Å². The van der Waals surface area contributed by atoms with Gasteiger partial charge in [0, 0.05) is 28.7 Å². The zero-order valence-electron chi connectivity index (χ0n) is 6.50. The Morgan fingerprint density at radius 3 is 2.33 bits per heavy atom. The molecule has 0 bridgehead atoms. The molecule has 0 N–H and O–H groups in total. The van der Waals surface area contributed by atoms with Gasteiger partial charge in [-0.05, 0) is 12.1 Å². The minimum absolute atomic E-state index is 0. The number of fused-ring (bicyclic) bond motifs is 1. The van der Waals surface area contributed by atoms with Crippen molar-refractivity contribution in [3.8, 4) is 0 Å². The molecule has 0 aliphatic carbocycles. The average Bonchev–Trinajstić information content (AvgIpc) is 2.05. The van der Waals surface area contributed by atoms with Gasteiger partial charge in [0.2, 0.25) is 0 Å². The maximum absolute atomic E-state index is 4.18. The van der Waals surface area contributed by atoms with Crippen molar-refractivity contribution >= 4 is 20.8 Å². The molecule has 0 amide bonds. The summed E-state index contributed by atoms with van der Waals surface area (Å²) in [5.41, 5.74) is 1.06. The summed E-state index contributed by atoms with van der Waals surface area (Å²) < 4.78 is 0. The van der Waals surface area contributed by atoms with Crippen LogP contribution in [0.2, 0.25) is 0 Å². The van der Waals surface area contributed by atoms with E-state index in [1.807, 2.05) is 30.5 Å². The van der Waals surface area contributed by atoms with Crippen molar-refractivity contribution in [2.24, 2.45) is 0 Å². The molecule has 0 spiro atoms. The second kappa shape index (κ2) is 5.26. The van der Waals surface area contributed by atoms with Crippen molar-refractivity contribution in [2.75, 3.05) is 0 Å². The molecular formula is C9H10CuNP. The number of nitrogens with zero attached hydrogens (tertiary/aromatic N) is 1. The third-order valence-corrected chi connectivity index (χ3v) is 1.51. The number of rotatable bonds is 0. The molecule has 2 aromatic rings. The first-order valence-electron chi connectivity index (χ1n) is 3.26. The zero-order chi connectivity index (χ0) is 6.81. The molecule has 1 atom stereocenters. The molecule has 1 aromatic carbocycles. The first-order valence-corrected chi connectivity index (χ1v) is 3.26. The van der Waals surface area contributed by atoms with Crippen LogP contribution in [0.4, 0.5) is 0 Å². The fraction of sp³-hybridized carbons (Fsp3) is 0. The second-order valence-corrected chi connectivity index (χ2v) is 2.20. The molecule has 1 unspecified atom stereocenters. The molecule has 1 heterocycles. The van der Waals surface area contributed by atoms with Crippen LogP contribution in [0.5, 0.6) is 0 Å². The normalized spacial score (nSPS) is 8.33. The average molecular weight is 227 g/mol. The second-order valence-electron chi connectivity index (χ2n) is 2.20. The van der Waals surface area contributed by atoms with Crippen molar-refractivity contribution in [3.63, 3.8) is 0 Å². The van der Waals surface area contributed by atoms with Crippen molar-refractivity contribution in [1.82, 2.24) is 4.98 Å². The summed E-state index contributed by atoms with van der Waals surface area (Å²) in [5.74, 6) is 0. The molecule has 0 saturated heterocycles. The molecule has 2 rings (SSSR count). The van der Waals surface area contributed by atoms with E-state index in [4.69, 9.17) is 0 Å². The number of para-hydroxylation sites is 1. The third-order valence-electron chi connectivity index (χ3n) is 1.51. The summed E-state index contributed by atoms with van der Waals surface area (Å²) in [6.07, 6.45) is 1.81. The number of hydrogen-bond donors (Lipinski definition) is 0. The van der Waals surface area contributed by atoms with Gasteiger partial charge in [-0.15, -0.1) is 0 Å². The van der Waals surface area contributed by atoms with Gasteiger partial charge in [-0.1, -0.05) is 24.3 Å². The van der Waals surface area contributed by atoms with E-state index < -0.39 is 0 Å². The largest absolute Gasteiger partial charge is 0.256 e. The van der Waals surface area contributed by atoms with Crippen LogP contribution in [-0.2, 0) is 17.1 Å². The fourth-order valence-electron chi connectivity index (χ4n) is 1.02. The Morgan fingerprint density at radius 2 is 1.58 bits per heavy atom. The standard InChI is InChI=1S/C9H7N.Cu.H3P/c1-2-6-9-8(4-1)5-3-7-10-9;;/h1-7H;;1H3. The van der Waals surface area contributed by atoms with Crippen LogP contribution in [0, 0.1) is 0 Å². The number of hydrogen-bond acceptors (Lipinski definition) is 1. The topological polar surface area (TPSA) is 12.9 Å². The molecule has 0 aliphatic rings. The maximum Gasteiger partial charge on any atom is 0.0701 e. The van der Waals surface area contributed by atoms with E-state index in [0.717, 1.165) is 5.52 Å². The van der Waals surface area contributed by atoms with Crippen molar-refractivity contribution in [2.45, 2.75) is 0 Å². The minimum atomic E-state index is 0. The molecule has 12 heavy (non-hydrogen) atoms. The van der Waals surface area contributed by atoms with Crippen LogP contribution in [-0.4, -0.2) is 4.98 Å². The van der Waals surface area contributed by atoms with Gasteiger partial charge in [0.15, 0.2) is 0 Å². The molecule has 0 fully saturated rings. The zero-order valence-corrected chi connectivity index (χ0v) is 8.85. The van der Waals surface area contributed by atoms with Crippen molar-refractivity contribution in [3.05, 3.63) is 42.6 Å². The number of benzene rings is 1. The Labute approximate surface area is 85.7 Å². The first kappa shape index (κ1) is 11.6. The summed E-state index contributed by atoms with van der Waals surface area (Å²) in [6, 6.07) is 12.1. The van der Waals surface area contributed by atoms with E-state index >= 15 is 0 Å². The quantitative estimate of drug-likeness (QED) is 0.496. The van der Waals surface area contributed by atoms with Crippen molar-refractivity contribution < 1.29 is 17.1 Å². The van der Waals surface area contributed by atoms with Gasteiger partial charge >= 0.3 is 0 Å². The Bertz CT molecular complexity index is 286. The van der Waals surface area contributed by atoms with Crippen LogP contribution < -0.4 is 0 Å². The maximum atomic E-state index is 4.18. The van der Waals surface area contributed by atoms with E-state index in [1.54, 1.807) is 0 Å². The predicted octanol–water partition coefficient (Wildman–Crippen LogP) is 2.29. The molecule has 3 heteroatoms. The monoisotopic (exact) mass is 226 g/mol. The van der Waals surface area contributed by atoms with Gasteiger partial charge in [-0.3, -0.25) is 4.98 Å². The molecular weight excluding hydrogens is 217 g/mol. The van der Waals surface area contributed by atoms with Crippen LogP contribution >= 0.6 is 9.90 Å². The van der Waals surface area contributed by atoms with Gasteiger partial charge in [0.1, 0.15) is 0 Å². The molecule has 1 radical (unpaired) electrons. The third kappa shape index (κ3) is 2.28. The van der Waals surface area contributed by atoms with Crippen molar-refractivity contribution in [1.29, 1.82) is 0 Å². The van der Waals surface area contributed by atoms with Gasteiger partial charge in [-0.25, -0.2) is 0 Å². The minimum Gasteiger partial charge on any atom is -0.256 e. The number of pyridine rings is 1. The van der Waals surface area contributed by atoms with E-state index in [2.05, 4.69) is 17.1 Å². The fourth-order valence-corrected chi connectivity index (χ4v) is 1.02. The van der Waals surface area contributed by atoms with Crippen LogP contribution in [0.25, 0.3) is 10.9 Å². The van der Waals surface area contributed by atoms with E-state index in [9.17, 15) is 0 Å². The molecule has 1 aromatic heterocycles. The van der Waals surface area contributed by atoms with E-state index in [1.165, 1.54) is 5.39 Å². The Morgan fingerprint density at radius 1 is 0.917 bits per heavy atom. The van der Waals surface area contributed by atoms with Crippen LogP contribution in [0.1, 0.15) is 0 Å². The first-order chi connectivity index (χ1) is 4.97. The van der Waals surface area contributed by atoms with Gasteiger partial charge in [0.05, 0.1) is 5.52 Å². The van der Waals surface area contributed by atoms with Crippen LogP contribution in [0.3, 0.4) is 0 Å². The summed E-state index contributed by atoms with van der Waals surface area (Å²) in [4.78, 5) is 4.18. The Hall–Kier alpha value is -0.421. The summed E-state index contributed by atoms with van der Waals surface area (Å²) in [5, 5.41) is 1.20. The van der Waals surface area contributed by atoms with Gasteiger partial charge < -0.3 is 0 Å². The predicted molar refractivity (Wildman–Crippen MR) is 52.8 cm³/mol. The van der Waals surface area contributed by atoms with Gasteiger partial charge in [-0.2, -0.15) is 9.90 Å². The summed E-state index contributed by atoms with van der Waals surface area (Å²) in [7, 11) is 0. The Kier molecular flexibility index (Phi) is 5.08. The van der Waals surface area contributed by atoms with E-state index in [-0.39, 0.29) is 27.0 Å². The summed E-state index contributed by atoms with van der Waals surface area (Å²) in [6.45, 7) is 0. The molecule has 0 saturated carbocycles. The smallest absolute Gasteiger partial charge is 0.0701 e. The molecule has 67 valence electrons. The van der Waals surface area contributed by atoms with Crippen LogP contribution in [0.15, 0.2) is 42.6 Å². The Balaban J connectivity index is 0.000000605.